The number of H-pyrrole nitrogens is 1. The van der Waals surface area contributed by atoms with E-state index >= 15 is 0 Å². The molecule has 200 valence electrons. The van der Waals surface area contributed by atoms with Crippen LogP contribution in [0.2, 0.25) is 0 Å². The van der Waals surface area contributed by atoms with Crippen molar-refractivity contribution in [3.8, 4) is 11.1 Å². The van der Waals surface area contributed by atoms with Gasteiger partial charge in [0.1, 0.15) is 11.2 Å². The Labute approximate surface area is 227 Å². The van der Waals surface area contributed by atoms with Crippen LogP contribution in [0.5, 0.6) is 0 Å². The van der Waals surface area contributed by atoms with E-state index in [1.54, 1.807) is 24.4 Å². The number of aromatic carboxylic acids is 1. The molecular formula is C31H33N4O4+. The number of amides is 1. The fourth-order valence-electron chi connectivity index (χ4n) is 6.66. The monoisotopic (exact) mass is 525 g/mol. The van der Waals surface area contributed by atoms with E-state index in [-0.39, 0.29) is 22.7 Å². The van der Waals surface area contributed by atoms with Gasteiger partial charge in [0.2, 0.25) is 11.5 Å². The molecule has 1 amide bonds. The molecule has 2 aromatic carbocycles. The normalized spacial score (nSPS) is 22.5. The van der Waals surface area contributed by atoms with Crippen molar-refractivity contribution >= 4 is 34.8 Å². The summed E-state index contributed by atoms with van der Waals surface area (Å²) in [4.78, 5) is 43.2. The average molecular weight is 526 g/mol. The van der Waals surface area contributed by atoms with Gasteiger partial charge in [0.15, 0.2) is 0 Å². The van der Waals surface area contributed by atoms with E-state index in [0.717, 1.165) is 60.0 Å². The SMILES string of the molecule is CC(C)(C)[N+]1(C(=O)c2cc3c(-c4cccc(C(=O)O)c4)cccc3[nH]2)N=CC2=C1C(=O)CC1(CCNCC1)C2. The molecule has 2 aliphatic heterocycles. The summed E-state index contributed by atoms with van der Waals surface area (Å²) < 4.78 is -0.397. The van der Waals surface area contributed by atoms with Crippen molar-refractivity contribution in [3.63, 3.8) is 0 Å². The molecule has 1 unspecified atom stereocenters. The molecule has 3 aromatic rings. The summed E-state index contributed by atoms with van der Waals surface area (Å²) in [7, 11) is 0. The summed E-state index contributed by atoms with van der Waals surface area (Å²) >= 11 is 0. The summed E-state index contributed by atoms with van der Waals surface area (Å²) in [6, 6.07) is 14.3. The van der Waals surface area contributed by atoms with Gasteiger partial charge in [-0.3, -0.25) is 4.79 Å². The summed E-state index contributed by atoms with van der Waals surface area (Å²) in [6.07, 6.45) is 4.86. The number of hydrogen-bond donors (Lipinski definition) is 3. The number of carbonyl (C=O) groups excluding carboxylic acids is 2. The van der Waals surface area contributed by atoms with Crippen molar-refractivity contribution < 1.29 is 24.1 Å². The van der Waals surface area contributed by atoms with Crippen LogP contribution in [0.15, 0.2) is 64.9 Å². The van der Waals surface area contributed by atoms with Crippen LogP contribution in [-0.4, -0.2) is 57.2 Å². The van der Waals surface area contributed by atoms with Crippen molar-refractivity contribution in [3.05, 3.63) is 71.1 Å². The lowest BCUT2D eigenvalue weighted by Gasteiger charge is -2.43. The minimum Gasteiger partial charge on any atom is -0.478 e. The van der Waals surface area contributed by atoms with Gasteiger partial charge in [-0.1, -0.05) is 34.0 Å². The molecule has 3 heterocycles. The number of carboxylic acids is 1. The van der Waals surface area contributed by atoms with E-state index in [1.807, 2.05) is 51.1 Å². The fourth-order valence-corrected chi connectivity index (χ4v) is 6.66. The smallest absolute Gasteiger partial charge is 0.394 e. The first-order chi connectivity index (χ1) is 18.5. The van der Waals surface area contributed by atoms with E-state index in [9.17, 15) is 19.5 Å². The Morgan fingerprint density at radius 3 is 2.49 bits per heavy atom. The highest BCUT2D eigenvalue weighted by Gasteiger charge is 2.61. The third-order valence-electron chi connectivity index (χ3n) is 8.62. The summed E-state index contributed by atoms with van der Waals surface area (Å²) in [5, 5.41) is 18.5. The number of aromatic nitrogens is 1. The highest BCUT2D eigenvalue weighted by molar-refractivity contribution is 6.07. The molecule has 39 heavy (non-hydrogen) atoms. The van der Waals surface area contributed by atoms with Gasteiger partial charge in [-0.15, -0.1) is 0 Å². The maximum atomic E-state index is 14.5. The number of ketones is 1. The Morgan fingerprint density at radius 2 is 1.77 bits per heavy atom. The second-order valence-electron chi connectivity index (χ2n) is 12.1. The lowest BCUT2D eigenvalue weighted by atomic mass is 9.67. The minimum atomic E-state index is -0.995. The lowest BCUT2D eigenvalue weighted by molar-refractivity contribution is -0.860. The number of benzene rings is 2. The number of allylic oxidation sites excluding steroid dienone is 2. The first kappa shape index (κ1) is 25.4. The van der Waals surface area contributed by atoms with Gasteiger partial charge in [-0.05, 0) is 93.9 Å². The van der Waals surface area contributed by atoms with E-state index in [4.69, 9.17) is 5.10 Å². The molecule has 0 saturated carbocycles. The Morgan fingerprint density at radius 1 is 1.03 bits per heavy atom. The predicted octanol–water partition coefficient (Wildman–Crippen LogP) is 5.27. The zero-order valence-electron chi connectivity index (χ0n) is 22.5. The van der Waals surface area contributed by atoms with Gasteiger partial charge < -0.3 is 15.4 Å². The number of quaternary nitrogens is 1. The molecular weight excluding hydrogens is 492 g/mol. The van der Waals surface area contributed by atoms with Crippen molar-refractivity contribution in [2.45, 2.75) is 52.0 Å². The molecule has 0 radical (unpaired) electrons. The number of carboxylic acid groups (broad SMARTS) is 1. The van der Waals surface area contributed by atoms with Crippen LogP contribution in [0.3, 0.4) is 0 Å². The van der Waals surface area contributed by atoms with Crippen molar-refractivity contribution in [2.75, 3.05) is 13.1 Å². The van der Waals surface area contributed by atoms with Crippen molar-refractivity contribution in [1.82, 2.24) is 10.3 Å². The van der Waals surface area contributed by atoms with Crippen LogP contribution >= 0.6 is 0 Å². The number of piperidine rings is 1. The molecule has 0 bridgehead atoms. The molecule has 1 atom stereocenters. The number of nitrogens with zero attached hydrogens (tertiary/aromatic N) is 2. The van der Waals surface area contributed by atoms with Crippen LogP contribution in [0.25, 0.3) is 22.0 Å². The number of Topliss-reactive ketones (excluding diaryl/α,β-unsaturated/α-hetero) is 1. The first-order valence-corrected chi connectivity index (χ1v) is 13.5. The molecule has 1 aromatic heterocycles. The second-order valence-corrected chi connectivity index (χ2v) is 12.1. The molecule has 1 saturated heterocycles. The number of nitrogens with one attached hydrogen (secondary N) is 2. The molecule has 6 rings (SSSR count). The van der Waals surface area contributed by atoms with E-state index < -0.39 is 16.1 Å². The first-order valence-electron chi connectivity index (χ1n) is 13.5. The number of rotatable bonds is 3. The van der Waals surface area contributed by atoms with Gasteiger partial charge in [0.25, 0.3) is 0 Å². The van der Waals surface area contributed by atoms with Crippen LogP contribution in [0.1, 0.15) is 67.3 Å². The molecule has 8 heteroatoms. The van der Waals surface area contributed by atoms with E-state index in [0.29, 0.717) is 17.8 Å². The van der Waals surface area contributed by atoms with E-state index in [1.165, 1.54) is 0 Å². The van der Waals surface area contributed by atoms with E-state index in [2.05, 4.69) is 10.3 Å². The van der Waals surface area contributed by atoms with Crippen molar-refractivity contribution in [2.24, 2.45) is 10.5 Å². The highest BCUT2D eigenvalue weighted by Crippen LogP contribution is 2.50. The Balaban J connectivity index is 1.45. The predicted molar refractivity (Wildman–Crippen MR) is 149 cm³/mol. The Hall–Kier alpha value is -3.88. The van der Waals surface area contributed by atoms with Gasteiger partial charge in [0.05, 0.1) is 11.8 Å². The average Bonchev–Trinajstić information content (AvgIpc) is 3.51. The number of aromatic amines is 1. The van der Waals surface area contributed by atoms with Crippen LogP contribution < -0.4 is 5.32 Å². The lowest BCUT2D eigenvalue weighted by Crippen LogP contribution is -2.60. The largest absolute Gasteiger partial charge is 0.478 e. The summed E-state index contributed by atoms with van der Waals surface area (Å²) in [5.74, 6) is -1.26. The van der Waals surface area contributed by atoms with Gasteiger partial charge in [-0.2, -0.15) is 0 Å². The number of carbonyl (C=O) groups is 3. The Bertz CT molecular complexity index is 1600. The summed E-state index contributed by atoms with van der Waals surface area (Å²) in [6.45, 7) is 7.65. The maximum absolute atomic E-state index is 14.5. The van der Waals surface area contributed by atoms with Gasteiger partial charge in [0, 0.05) is 22.9 Å². The molecule has 1 aliphatic carbocycles. The topological polar surface area (TPSA) is 112 Å². The second kappa shape index (κ2) is 8.83. The van der Waals surface area contributed by atoms with Gasteiger partial charge in [-0.25, -0.2) is 9.59 Å². The minimum absolute atomic E-state index is 0.0150. The molecule has 3 N–H and O–H groups in total. The zero-order valence-corrected chi connectivity index (χ0v) is 22.5. The third kappa shape index (κ3) is 3.89. The quantitative estimate of drug-likeness (QED) is 0.403. The zero-order chi connectivity index (χ0) is 27.6. The van der Waals surface area contributed by atoms with Crippen LogP contribution in [0, 0.1) is 5.41 Å². The number of fused-ring (bicyclic) bond motifs is 1. The Kier molecular flexibility index (Phi) is 5.75. The standard InChI is InChI=1S/C31H32N4O4/c1-30(2,3)35(27-21(18-33-35)16-31(17-26(27)36)10-12-32-13-11-31)28(37)25-15-23-22(8-5-9-24(23)34-25)19-6-4-7-20(14-19)29(38)39/h4-9,14-15,18,32H,10-13,16-17H2,1-3H3,(H-,34,37,38,39)/p+1. The fraction of sp³-hybridized carbons (Fsp3) is 0.355. The molecule has 1 spiro atoms. The molecule has 1 fully saturated rings. The third-order valence-corrected chi connectivity index (χ3v) is 8.62. The van der Waals surface area contributed by atoms with Crippen LogP contribution in [-0.2, 0) is 4.79 Å². The maximum Gasteiger partial charge on any atom is 0.394 e. The van der Waals surface area contributed by atoms with Crippen molar-refractivity contribution in [1.29, 1.82) is 0 Å². The number of hydrogen-bond acceptors (Lipinski definition) is 5. The van der Waals surface area contributed by atoms with Crippen LogP contribution in [0.4, 0.5) is 0 Å². The molecule has 3 aliphatic rings. The summed E-state index contributed by atoms with van der Waals surface area (Å²) in [5.41, 5.74) is 3.51. The molecule has 8 nitrogen and oxygen atoms in total. The van der Waals surface area contributed by atoms with Gasteiger partial charge >= 0.3 is 11.9 Å². The highest BCUT2D eigenvalue weighted by atomic mass is 16.4.